The van der Waals surface area contributed by atoms with E-state index in [2.05, 4.69) is 20.8 Å². The van der Waals surface area contributed by atoms with E-state index in [1.165, 1.54) is 24.2 Å². The van der Waals surface area contributed by atoms with Gasteiger partial charge in [0.2, 0.25) is 5.13 Å². The van der Waals surface area contributed by atoms with Gasteiger partial charge in [0.15, 0.2) is 0 Å². The van der Waals surface area contributed by atoms with Crippen LogP contribution in [-0.2, 0) is 6.54 Å². The number of urea groups is 1. The molecule has 1 aromatic carbocycles. The maximum Gasteiger partial charge on any atom is 0.321 e. The summed E-state index contributed by atoms with van der Waals surface area (Å²) >= 11 is 1.28. The van der Waals surface area contributed by atoms with Gasteiger partial charge in [0, 0.05) is 12.1 Å². The van der Waals surface area contributed by atoms with Crippen LogP contribution in [0.15, 0.2) is 29.8 Å². The minimum Gasteiger partial charge on any atom is -0.490 e. The van der Waals surface area contributed by atoms with Crippen molar-refractivity contribution in [1.82, 2.24) is 15.5 Å². The fraction of sp³-hybridized carbons (Fsp3) is 0.400. The third kappa shape index (κ3) is 3.94. The van der Waals surface area contributed by atoms with Gasteiger partial charge in [-0.05, 0) is 31.7 Å². The molecule has 116 valence electrons. The smallest absolute Gasteiger partial charge is 0.321 e. The van der Waals surface area contributed by atoms with Crippen molar-refractivity contribution < 1.29 is 9.53 Å². The fourth-order valence-electron chi connectivity index (χ4n) is 2.49. The Labute approximate surface area is 132 Å². The number of hydrogen-bond acceptors (Lipinski definition) is 5. The second-order valence-electron chi connectivity index (χ2n) is 5.18. The lowest BCUT2D eigenvalue weighted by molar-refractivity contribution is 0.207. The molecule has 0 unspecified atom stereocenters. The molecular formula is C15H18N4O2S. The Morgan fingerprint density at radius 2 is 2.14 bits per heavy atom. The topological polar surface area (TPSA) is 76.1 Å². The van der Waals surface area contributed by atoms with E-state index in [0.717, 1.165) is 24.2 Å². The number of hydrogen-bond donors (Lipinski definition) is 2. The average molecular weight is 318 g/mol. The molecule has 1 aliphatic rings. The molecule has 3 rings (SSSR count). The number of amides is 2. The second kappa shape index (κ2) is 7.22. The van der Waals surface area contributed by atoms with Crippen molar-refractivity contribution in [3.63, 3.8) is 0 Å². The zero-order valence-electron chi connectivity index (χ0n) is 12.1. The van der Waals surface area contributed by atoms with Crippen LogP contribution in [0.4, 0.5) is 9.93 Å². The van der Waals surface area contributed by atoms with Crippen molar-refractivity contribution in [2.75, 3.05) is 5.32 Å². The van der Waals surface area contributed by atoms with Crippen LogP contribution in [0.1, 0.15) is 31.2 Å². The standard InChI is InChI=1S/C15H18N4O2S/c20-14(18-15-19-17-10-22-15)16-9-11-5-1-4-8-13(11)21-12-6-2-3-7-12/h1,4-5,8,10,12H,2-3,6-7,9H2,(H2,16,18,19,20). The van der Waals surface area contributed by atoms with Gasteiger partial charge in [0.1, 0.15) is 11.3 Å². The minimum atomic E-state index is -0.299. The summed E-state index contributed by atoms with van der Waals surface area (Å²) in [5, 5.41) is 13.4. The van der Waals surface area contributed by atoms with Crippen molar-refractivity contribution in [3.8, 4) is 5.75 Å². The molecule has 1 saturated carbocycles. The Hall–Kier alpha value is -2.15. The number of benzene rings is 1. The Morgan fingerprint density at radius 3 is 2.91 bits per heavy atom. The van der Waals surface area contributed by atoms with Gasteiger partial charge in [0.25, 0.3) is 0 Å². The van der Waals surface area contributed by atoms with Gasteiger partial charge in [-0.1, -0.05) is 29.5 Å². The molecule has 0 radical (unpaired) electrons. The highest BCUT2D eigenvalue weighted by molar-refractivity contribution is 7.13. The summed E-state index contributed by atoms with van der Waals surface area (Å²) in [6, 6.07) is 7.52. The molecule has 0 atom stereocenters. The van der Waals surface area contributed by atoms with Crippen LogP contribution < -0.4 is 15.4 Å². The monoisotopic (exact) mass is 318 g/mol. The number of ether oxygens (including phenoxy) is 1. The lowest BCUT2D eigenvalue weighted by atomic mass is 10.2. The van der Waals surface area contributed by atoms with Crippen molar-refractivity contribution in [2.45, 2.75) is 38.3 Å². The van der Waals surface area contributed by atoms with E-state index in [0.29, 0.717) is 17.8 Å². The third-order valence-corrected chi connectivity index (χ3v) is 4.19. The molecule has 22 heavy (non-hydrogen) atoms. The highest BCUT2D eigenvalue weighted by Crippen LogP contribution is 2.26. The van der Waals surface area contributed by atoms with Crippen molar-refractivity contribution in [3.05, 3.63) is 35.3 Å². The summed E-state index contributed by atoms with van der Waals surface area (Å²) in [5.74, 6) is 0.852. The Kier molecular flexibility index (Phi) is 4.85. The summed E-state index contributed by atoms with van der Waals surface area (Å²) in [5.41, 5.74) is 2.54. The van der Waals surface area contributed by atoms with E-state index in [-0.39, 0.29) is 6.03 Å². The van der Waals surface area contributed by atoms with Crippen LogP contribution in [-0.4, -0.2) is 22.3 Å². The number of nitrogens with zero attached hydrogens (tertiary/aromatic N) is 2. The van der Waals surface area contributed by atoms with Gasteiger partial charge in [-0.25, -0.2) is 4.79 Å². The SMILES string of the molecule is O=C(NCc1ccccc1OC1CCCC1)Nc1nncs1. The summed E-state index contributed by atoms with van der Waals surface area (Å²) < 4.78 is 6.05. The summed E-state index contributed by atoms with van der Waals surface area (Å²) in [6.45, 7) is 0.410. The van der Waals surface area contributed by atoms with E-state index in [9.17, 15) is 4.79 Å². The van der Waals surface area contributed by atoms with E-state index < -0.39 is 0 Å². The van der Waals surface area contributed by atoms with Crippen molar-refractivity contribution in [1.29, 1.82) is 0 Å². The average Bonchev–Trinajstić information content (AvgIpc) is 3.20. The molecule has 0 spiro atoms. The highest BCUT2D eigenvalue weighted by atomic mass is 32.1. The first-order valence-electron chi connectivity index (χ1n) is 7.37. The summed E-state index contributed by atoms with van der Waals surface area (Å²) in [6.07, 6.45) is 4.99. The predicted octanol–water partition coefficient (Wildman–Crippen LogP) is 3.18. The normalized spacial score (nSPS) is 14.7. The van der Waals surface area contributed by atoms with E-state index in [1.54, 1.807) is 5.51 Å². The van der Waals surface area contributed by atoms with E-state index >= 15 is 0 Å². The predicted molar refractivity (Wildman–Crippen MR) is 85.1 cm³/mol. The Morgan fingerprint density at radius 1 is 1.32 bits per heavy atom. The van der Waals surface area contributed by atoms with Gasteiger partial charge in [-0.15, -0.1) is 10.2 Å². The van der Waals surface area contributed by atoms with Crippen LogP contribution in [0.3, 0.4) is 0 Å². The van der Waals surface area contributed by atoms with Crippen LogP contribution in [0.5, 0.6) is 5.75 Å². The number of carbonyl (C=O) groups excluding carboxylic acids is 1. The maximum absolute atomic E-state index is 11.8. The first kappa shape index (κ1) is 14.8. The Balaban J connectivity index is 1.56. The molecular weight excluding hydrogens is 300 g/mol. The zero-order valence-corrected chi connectivity index (χ0v) is 12.9. The molecule has 6 nitrogen and oxygen atoms in total. The third-order valence-electron chi connectivity index (χ3n) is 3.59. The van der Waals surface area contributed by atoms with Gasteiger partial charge in [-0.2, -0.15) is 0 Å². The quantitative estimate of drug-likeness (QED) is 0.887. The largest absolute Gasteiger partial charge is 0.490 e. The molecule has 2 amide bonds. The molecule has 1 aliphatic carbocycles. The lowest BCUT2D eigenvalue weighted by Crippen LogP contribution is -2.28. The number of carbonyl (C=O) groups is 1. The molecule has 0 aliphatic heterocycles. The molecule has 2 N–H and O–H groups in total. The molecule has 2 aromatic rings. The Bertz CT molecular complexity index is 612. The molecule has 7 heteroatoms. The summed E-state index contributed by atoms with van der Waals surface area (Å²) in [4.78, 5) is 11.8. The number of aromatic nitrogens is 2. The van der Waals surface area contributed by atoms with Crippen LogP contribution >= 0.6 is 11.3 Å². The highest BCUT2D eigenvalue weighted by Gasteiger charge is 2.17. The number of nitrogens with one attached hydrogen (secondary N) is 2. The van der Waals surface area contributed by atoms with Crippen LogP contribution in [0.25, 0.3) is 0 Å². The molecule has 1 heterocycles. The molecule has 1 aromatic heterocycles. The fourth-order valence-corrected chi connectivity index (χ4v) is 2.93. The van der Waals surface area contributed by atoms with Crippen LogP contribution in [0.2, 0.25) is 0 Å². The minimum absolute atomic E-state index is 0.299. The molecule has 0 bridgehead atoms. The van der Waals surface area contributed by atoms with Crippen LogP contribution in [0, 0.1) is 0 Å². The first-order valence-corrected chi connectivity index (χ1v) is 8.25. The van der Waals surface area contributed by atoms with Gasteiger partial charge in [0.05, 0.1) is 6.10 Å². The van der Waals surface area contributed by atoms with Gasteiger partial charge >= 0.3 is 6.03 Å². The zero-order chi connectivity index (χ0) is 15.2. The molecule has 0 saturated heterocycles. The number of rotatable bonds is 5. The second-order valence-corrected chi connectivity index (χ2v) is 6.02. The van der Waals surface area contributed by atoms with E-state index in [4.69, 9.17) is 4.74 Å². The van der Waals surface area contributed by atoms with Crippen molar-refractivity contribution >= 4 is 22.5 Å². The maximum atomic E-state index is 11.8. The van der Waals surface area contributed by atoms with Gasteiger partial charge in [-0.3, -0.25) is 5.32 Å². The molecule has 1 fully saturated rings. The number of anilines is 1. The lowest BCUT2D eigenvalue weighted by Gasteiger charge is -2.16. The summed E-state index contributed by atoms with van der Waals surface area (Å²) in [7, 11) is 0. The van der Waals surface area contributed by atoms with Gasteiger partial charge < -0.3 is 10.1 Å². The van der Waals surface area contributed by atoms with Crippen molar-refractivity contribution in [2.24, 2.45) is 0 Å². The first-order chi connectivity index (χ1) is 10.8. The number of para-hydroxylation sites is 1. The van der Waals surface area contributed by atoms with E-state index in [1.807, 2.05) is 24.3 Å².